The van der Waals surface area contributed by atoms with Crippen molar-refractivity contribution in [2.75, 3.05) is 20.5 Å². The second-order valence-electron chi connectivity index (χ2n) is 1.88. The van der Waals surface area contributed by atoms with E-state index in [4.69, 9.17) is 0 Å². The Hall–Kier alpha value is -0.640. The third-order valence-corrected chi connectivity index (χ3v) is 2.85. The first-order valence-corrected chi connectivity index (χ1v) is 4.91. The van der Waals surface area contributed by atoms with Crippen molar-refractivity contribution in [2.45, 2.75) is 0 Å². The van der Waals surface area contributed by atoms with Crippen molar-refractivity contribution in [3.63, 3.8) is 0 Å². The molecule has 0 heterocycles. The Bertz CT molecular complexity index is 208. The average molecular weight is 193 g/mol. The maximum absolute atomic E-state index is 11.3. The zero-order valence-corrected chi connectivity index (χ0v) is 7.97. The molecule has 0 aliphatic rings. The Morgan fingerprint density at radius 2 is 2.08 bits per heavy atom. The molecule has 0 aromatic heterocycles. The van der Waals surface area contributed by atoms with Crippen LogP contribution in [-0.2, 0) is 18.4 Å². The maximum Gasteiger partial charge on any atom is 0.349 e. The summed E-state index contributed by atoms with van der Waals surface area (Å²) in [5.74, 6) is -0.413. The Kier molecular flexibility index (Phi) is 4.81. The second-order valence-corrected chi connectivity index (χ2v) is 4.15. The molecular formula is C6H12NO4P. The van der Waals surface area contributed by atoms with Crippen LogP contribution in [0.2, 0.25) is 0 Å². The molecule has 12 heavy (non-hydrogen) atoms. The van der Waals surface area contributed by atoms with Crippen LogP contribution in [-0.4, -0.2) is 26.4 Å². The van der Waals surface area contributed by atoms with Crippen molar-refractivity contribution in [2.24, 2.45) is 0 Å². The van der Waals surface area contributed by atoms with E-state index in [0.717, 1.165) is 6.08 Å². The van der Waals surface area contributed by atoms with Crippen LogP contribution < -0.4 is 5.32 Å². The molecule has 0 bridgehead atoms. The first kappa shape index (κ1) is 11.4. The molecule has 0 saturated carbocycles. The van der Waals surface area contributed by atoms with E-state index in [1.807, 2.05) is 0 Å². The van der Waals surface area contributed by atoms with E-state index in [1.165, 1.54) is 14.2 Å². The Morgan fingerprint density at radius 1 is 1.58 bits per heavy atom. The molecule has 0 aromatic carbocycles. The molecule has 1 amide bonds. The van der Waals surface area contributed by atoms with Gasteiger partial charge in [0.15, 0.2) is 0 Å². The predicted octanol–water partition coefficient (Wildman–Crippen LogP) is 0.732. The van der Waals surface area contributed by atoms with Crippen LogP contribution in [0.5, 0.6) is 0 Å². The van der Waals surface area contributed by atoms with Gasteiger partial charge in [0.2, 0.25) is 5.91 Å². The first-order chi connectivity index (χ1) is 5.58. The van der Waals surface area contributed by atoms with Gasteiger partial charge >= 0.3 is 7.60 Å². The minimum absolute atomic E-state index is 0.148. The first-order valence-electron chi connectivity index (χ1n) is 3.19. The van der Waals surface area contributed by atoms with Gasteiger partial charge in [-0.05, 0) is 6.08 Å². The Morgan fingerprint density at radius 3 is 2.42 bits per heavy atom. The van der Waals surface area contributed by atoms with E-state index in [1.54, 1.807) is 0 Å². The predicted molar refractivity (Wildman–Crippen MR) is 44.8 cm³/mol. The fraction of sp³-hybridized carbons (Fsp3) is 0.500. The van der Waals surface area contributed by atoms with Gasteiger partial charge in [-0.3, -0.25) is 9.36 Å². The van der Waals surface area contributed by atoms with Crippen LogP contribution in [0.3, 0.4) is 0 Å². The van der Waals surface area contributed by atoms with Crippen LogP contribution in [0.1, 0.15) is 0 Å². The molecule has 0 rings (SSSR count). The molecule has 1 N–H and O–H groups in total. The van der Waals surface area contributed by atoms with Gasteiger partial charge in [-0.25, -0.2) is 0 Å². The molecule has 0 fully saturated rings. The summed E-state index contributed by atoms with van der Waals surface area (Å²) in [5, 5.41) is 2.30. The molecule has 5 nitrogen and oxygen atoms in total. The van der Waals surface area contributed by atoms with Gasteiger partial charge < -0.3 is 14.4 Å². The number of nitrogens with one attached hydrogen (secondary N) is 1. The summed E-state index contributed by atoms with van der Waals surface area (Å²) in [4.78, 5) is 10.6. The lowest BCUT2D eigenvalue weighted by molar-refractivity contribution is -0.116. The quantitative estimate of drug-likeness (QED) is 0.516. The summed E-state index contributed by atoms with van der Waals surface area (Å²) in [6.45, 7) is 3.23. The molecule has 0 aliphatic carbocycles. The molecule has 0 atom stereocenters. The lowest BCUT2D eigenvalue weighted by Gasteiger charge is -2.12. The summed E-state index contributed by atoms with van der Waals surface area (Å²) < 4.78 is 20.4. The summed E-state index contributed by atoms with van der Waals surface area (Å²) in [5.41, 5.74) is 0. The van der Waals surface area contributed by atoms with Crippen LogP contribution in [0, 0.1) is 0 Å². The highest BCUT2D eigenvalue weighted by Crippen LogP contribution is 2.44. The minimum Gasteiger partial charge on any atom is -0.341 e. The standard InChI is InChI=1S/C6H12NO4P/c1-4-6(8)7-5-12(9,10-2)11-3/h4H,1,5H2,2-3H3,(H,7,8). The number of amides is 1. The van der Waals surface area contributed by atoms with E-state index < -0.39 is 13.5 Å². The van der Waals surface area contributed by atoms with E-state index in [9.17, 15) is 9.36 Å². The third kappa shape index (κ3) is 3.67. The molecule has 6 heteroatoms. The summed E-state index contributed by atoms with van der Waals surface area (Å²) >= 11 is 0. The second kappa shape index (κ2) is 5.09. The lowest BCUT2D eigenvalue weighted by Crippen LogP contribution is -2.22. The van der Waals surface area contributed by atoms with Crippen molar-refractivity contribution in [3.05, 3.63) is 12.7 Å². The van der Waals surface area contributed by atoms with Gasteiger partial charge in [0.05, 0.1) is 0 Å². The van der Waals surface area contributed by atoms with E-state index in [0.29, 0.717) is 0 Å². The number of hydrogen-bond acceptors (Lipinski definition) is 4. The highest BCUT2D eigenvalue weighted by molar-refractivity contribution is 7.53. The van der Waals surface area contributed by atoms with Gasteiger partial charge in [0.1, 0.15) is 6.29 Å². The third-order valence-electron chi connectivity index (χ3n) is 1.19. The highest BCUT2D eigenvalue weighted by Gasteiger charge is 2.20. The van der Waals surface area contributed by atoms with Crippen LogP contribution in [0.25, 0.3) is 0 Å². The summed E-state index contributed by atoms with van der Waals surface area (Å²) in [7, 11) is -0.619. The normalized spacial score (nSPS) is 10.8. The van der Waals surface area contributed by atoms with E-state index in [-0.39, 0.29) is 6.29 Å². The minimum atomic E-state index is -3.13. The van der Waals surface area contributed by atoms with Crippen LogP contribution >= 0.6 is 7.60 Å². The van der Waals surface area contributed by atoms with Crippen molar-refractivity contribution in [1.82, 2.24) is 5.32 Å². The lowest BCUT2D eigenvalue weighted by atomic mass is 10.6. The monoisotopic (exact) mass is 193 g/mol. The largest absolute Gasteiger partial charge is 0.349 e. The molecule has 0 unspecified atom stereocenters. The van der Waals surface area contributed by atoms with Crippen molar-refractivity contribution in [1.29, 1.82) is 0 Å². The fourth-order valence-electron chi connectivity index (χ4n) is 0.451. The Labute approximate surface area is 71.3 Å². The van der Waals surface area contributed by atoms with E-state index >= 15 is 0 Å². The number of carbonyl (C=O) groups is 1. The van der Waals surface area contributed by atoms with Gasteiger partial charge in [0.25, 0.3) is 0 Å². The van der Waals surface area contributed by atoms with Crippen molar-refractivity contribution >= 4 is 13.5 Å². The van der Waals surface area contributed by atoms with Crippen LogP contribution in [0.15, 0.2) is 12.7 Å². The van der Waals surface area contributed by atoms with Crippen molar-refractivity contribution in [3.8, 4) is 0 Å². The number of hydrogen-bond donors (Lipinski definition) is 1. The van der Waals surface area contributed by atoms with E-state index in [2.05, 4.69) is 20.9 Å². The number of rotatable bonds is 5. The molecule has 0 aromatic rings. The fourth-order valence-corrected chi connectivity index (χ4v) is 1.21. The van der Waals surface area contributed by atoms with Gasteiger partial charge in [0, 0.05) is 14.2 Å². The summed E-state index contributed by atoms with van der Waals surface area (Å²) in [6, 6.07) is 0. The highest BCUT2D eigenvalue weighted by atomic mass is 31.2. The molecule has 70 valence electrons. The topological polar surface area (TPSA) is 64.6 Å². The molecule has 0 radical (unpaired) electrons. The number of carbonyl (C=O) groups excluding carboxylic acids is 1. The molecule has 0 spiro atoms. The smallest absolute Gasteiger partial charge is 0.341 e. The molecule has 0 saturated heterocycles. The zero-order chi connectivity index (χ0) is 9.61. The molecular weight excluding hydrogens is 181 g/mol. The van der Waals surface area contributed by atoms with Crippen molar-refractivity contribution < 1.29 is 18.4 Å². The maximum atomic E-state index is 11.3. The zero-order valence-electron chi connectivity index (χ0n) is 7.07. The van der Waals surface area contributed by atoms with Crippen LogP contribution in [0.4, 0.5) is 0 Å². The van der Waals surface area contributed by atoms with Gasteiger partial charge in [-0.2, -0.15) is 0 Å². The summed E-state index contributed by atoms with van der Waals surface area (Å²) in [6.07, 6.45) is 0.931. The van der Waals surface area contributed by atoms with Gasteiger partial charge in [-0.15, -0.1) is 0 Å². The Balaban J connectivity index is 3.97. The SMILES string of the molecule is C=CC(=O)NCP(=O)(OC)OC. The van der Waals surface area contributed by atoms with Gasteiger partial charge in [-0.1, -0.05) is 6.58 Å². The average Bonchev–Trinajstić information content (AvgIpc) is 2.13. The molecule has 0 aliphatic heterocycles.